The van der Waals surface area contributed by atoms with Crippen LogP contribution >= 0.6 is 0 Å². The molecule has 21 heavy (non-hydrogen) atoms. The van der Waals surface area contributed by atoms with Crippen molar-refractivity contribution >= 4 is 6.29 Å². The molecule has 1 aromatic carbocycles. The maximum Gasteiger partial charge on any atom is 0.153 e. The lowest BCUT2D eigenvalue weighted by Gasteiger charge is -2.18. The highest BCUT2D eigenvalue weighted by Gasteiger charge is 2.15. The van der Waals surface area contributed by atoms with Gasteiger partial charge in [0.15, 0.2) is 6.29 Å². The number of aromatic nitrogens is 2. The van der Waals surface area contributed by atoms with Crippen LogP contribution in [0.15, 0.2) is 30.5 Å². The molecule has 4 heteroatoms. The summed E-state index contributed by atoms with van der Waals surface area (Å²) in [5.74, 6) is 0. The molecule has 0 amide bonds. The zero-order chi connectivity index (χ0) is 15.5. The Morgan fingerprint density at radius 3 is 2.48 bits per heavy atom. The number of nitrogens with zero attached hydrogens (tertiary/aromatic N) is 3. The molecule has 2 aromatic rings. The first kappa shape index (κ1) is 15.0. The number of aryl methyl sites for hydroxylation is 1. The van der Waals surface area contributed by atoms with Gasteiger partial charge in [0.1, 0.15) is 5.69 Å². The molecule has 0 spiro atoms. The largest absolute Gasteiger partial charge is 0.298 e. The molecular formula is C17H19N3O. The van der Waals surface area contributed by atoms with Crippen molar-refractivity contribution < 1.29 is 4.79 Å². The number of carbonyl (C=O) groups excluding carboxylic acids is 1. The fraction of sp³-hybridized carbons (Fsp3) is 0.353. The molecular weight excluding hydrogens is 262 g/mol. The van der Waals surface area contributed by atoms with Gasteiger partial charge in [-0.15, -0.1) is 0 Å². The maximum absolute atomic E-state index is 11.2. The molecule has 0 bridgehead atoms. The van der Waals surface area contributed by atoms with Gasteiger partial charge in [-0.3, -0.25) is 9.48 Å². The second kappa shape index (κ2) is 5.92. The molecule has 0 atom stereocenters. The van der Waals surface area contributed by atoms with Gasteiger partial charge in [-0.2, -0.15) is 10.4 Å². The van der Waals surface area contributed by atoms with E-state index in [1.54, 1.807) is 10.9 Å². The Hall–Kier alpha value is -2.41. The molecule has 1 heterocycles. The van der Waals surface area contributed by atoms with Gasteiger partial charge in [-0.25, -0.2) is 0 Å². The Balaban J connectivity index is 2.35. The van der Waals surface area contributed by atoms with Crippen LogP contribution in [0.3, 0.4) is 0 Å². The minimum Gasteiger partial charge on any atom is -0.298 e. The summed E-state index contributed by atoms with van der Waals surface area (Å²) in [4.78, 5) is 11.2. The maximum atomic E-state index is 11.2. The Morgan fingerprint density at radius 2 is 1.95 bits per heavy atom. The van der Waals surface area contributed by atoms with Gasteiger partial charge in [0.25, 0.3) is 0 Å². The molecule has 108 valence electrons. The summed E-state index contributed by atoms with van der Waals surface area (Å²) in [5.41, 5.74) is 3.47. The van der Waals surface area contributed by atoms with E-state index in [0.29, 0.717) is 24.2 Å². The Kier molecular flexibility index (Phi) is 4.23. The van der Waals surface area contributed by atoms with Gasteiger partial charge in [-0.05, 0) is 11.0 Å². The first-order valence-corrected chi connectivity index (χ1v) is 6.96. The van der Waals surface area contributed by atoms with Crippen molar-refractivity contribution in [2.24, 2.45) is 0 Å². The Morgan fingerprint density at radius 1 is 1.29 bits per heavy atom. The number of benzene rings is 1. The molecule has 0 aliphatic heterocycles. The van der Waals surface area contributed by atoms with E-state index in [0.717, 1.165) is 11.8 Å². The van der Waals surface area contributed by atoms with E-state index < -0.39 is 0 Å². The summed E-state index contributed by atoms with van der Waals surface area (Å²) in [6, 6.07) is 10.2. The van der Waals surface area contributed by atoms with E-state index in [1.165, 1.54) is 5.56 Å². The lowest BCUT2D eigenvalue weighted by Crippen LogP contribution is -2.10. The van der Waals surface area contributed by atoms with Crippen LogP contribution in [0.4, 0.5) is 0 Å². The van der Waals surface area contributed by atoms with Crippen LogP contribution in [0.1, 0.15) is 43.1 Å². The summed E-state index contributed by atoms with van der Waals surface area (Å²) in [5, 5.41) is 13.0. The molecule has 4 nitrogen and oxygen atoms in total. The fourth-order valence-corrected chi connectivity index (χ4v) is 2.15. The van der Waals surface area contributed by atoms with Crippen LogP contribution in [0.2, 0.25) is 0 Å². The molecule has 1 aromatic heterocycles. The van der Waals surface area contributed by atoms with Crippen molar-refractivity contribution in [3.8, 4) is 17.3 Å². The van der Waals surface area contributed by atoms with E-state index >= 15 is 0 Å². The first-order chi connectivity index (χ1) is 9.95. The Labute approximate surface area is 125 Å². The highest BCUT2D eigenvalue weighted by Crippen LogP contribution is 2.26. The predicted molar refractivity (Wildman–Crippen MR) is 82.0 cm³/mol. The third kappa shape index (κ3) is 3.38. The summed E-state index contributed by atoms with van der Waals surface area (Å²) in [6.45, 7) is 6.98. The topological polar surface area (TPSA) is 58.7 Å². The first-order valence-electron chi connectivity index (χ1n) is 6.96. The Bertz CT molecular complexity index is 670. The molecule has 0 N–H and O–H groups in total. The second-order valence-corrected chi connectivity index (χ2v) is 6.05. The minimum absolute atomic E-state index is 0.0954. The average molecular weight is 281 g/mol. The lowest BCUT2D eigenvalue weighted by atomic mass is 9.86. The predicted octanol–water partition coefficient (Wildman–Crippen LogP) is 3.57. The summed E-state index contributed by atoms with van der Waals surface area (Å²) < 4.78 is 1.65. The third-order valence-electron chi connectivity index (χ3n) is 3.39. The lowest BCUT2D eigenvalue weighted by molar-refractivity contribution is 0.112. The molecule has 0 unspecified atom stereocenters. The van der Waals surface area contributed by atoms with E-state index in [9.17, 15) is 4.79 Å². The highest BCUT2D eigenvalue weighted by molar-refractivity contribution is 5.85. The minimum atomic E-state index is 0.0954. The standard InChI is InChI=1S/C17H19N3O/c1-17(2,3)15-7-5-13(6-8-15)16-14(12-21)11-20(19-16)10-4-9-18/h5-8,11-12H,4,10H2,1-3H3. The van der Waals surface area contributed by atoms with Crippen molar-refractivity contribution in [2.45, 2.75) is 39.2 Å². The summed E-state index contributed by atoms with van der Waals surface area (Å²) in [6.07, 6.45) is 2.88. The number of rotatable bonds is 4. The van der Waals surface area contributed by atoms with Gasteiger partial charge in [-0.1, -0.05) is 45.0 Å². The molecule has 0 saturated heterocycles. The number of hydrogen-bond donors (Lipinski definition) is 0. The van der Waals surface area contributed by atoms with Gasteiger partial charge in [0.2, 0.25) is 0 Å². The smallest absolute Gasteiger partial charge is 0.153 e. The van der Waals surface area contributed by atoms with E-state index in [4.69, 9.17) is 5.26 Å². The number of aldehydes is 1. The third-order valence-corrected chi connectivity index (χ3v) is 3.39. The van der Waals surface area contributed by atoms with Crippen LogP contribution in [0.5, 0.6) is 0 Å². The van der Waals surface area contributed by atoms with Crippen molar-refractivity contribution in [2.75, 3.05) is 0 Å². The van der Waals surface area contributed by atoms with Crippen LogP contribution < -0.4 is 0 Å². The van der Waals surface area contributed by atoms with Crippen molar-refractivity contribution in [1.29, 1.82) is 5.26 Å². The van der Waals surface area contributed by atoms with Crippen LogP contribution in [0, 0.1) is 11.3 Å². The van der Waals surface area contributed by atoms with Gasteiger partial charge >= 0.3 is 0 Å². The molecule has 0 fully saturated rings. The van der Waals surface area contributed by atoms with Crippen LogP contribution in [-0.4, -0.2) is 16.1 Å². The SMILES string of the molecule is CC(C)(C)c1ccc(-c2nn(CCC#N)cc2C=O)cc1. The quantitative estimate of drug-likeness (QED) is 0.805. The number of carbonyl (C=O) groups is 1. The number of hydrogen-bond acceptors (Lipinski definition) is 3. The molecule has 0 aliphatic carbocycles. The van der Waals surface area contributed by atoms with Crippen molar-refractivity contribution in [1.82, 2.24) is 9.78 Å². The van der Waals surface area contributed by atoms with Gasteiger partial charge < -0.3 is 0 Å². The van der Waals surface area contributed by atoms with E-state index in [-0.39, 0.29) is 5.41 Å². The monoisotopic (exact) mass is 281 g/mol. The molecule has 2 rings (SSSR count). The van der Waals surface area contributed by atoms with E-state index in [1.807, 2.05) is 12.1 Å². The molecule has 0 aliphatic rings. The molecule has 0 radical (unpaired) electrons. The van der Waals surface area contributed by atoms with Gasteiger partial charge in [0, 0.05) is 11.8 Å². The average Bonchev–Trinajstić information content (AvgIpc) is 2.87. The normalized spacial score (nSPS) is 11.1. The van der Waals surface area contributed by atoms with E-state index in [2.05, 4.69) is 44.1 Å². The molecule has 0 saturated carbocycles. The van der Waals surface area contributed by atoms with Crippen molar-refractivity contribution in [3.05, 3.63) is 41.6 Å². The summed E-state index contributed by atoms with van der Waals surface area (Å²) >= 11 is 0. The number of nitriles is 1. The fourth-order valence-electron chi connectivity index (χ4n) is 2.15. The second-order valence-electron chi connectivity index (χ2n) is 6.05. The van der Waals surface area contributed by atoms with Crippen LogP contribution in [-0.2, 0) is 12.0 Å². The van der Waals surface area contributed by atoms with Crippen LogP contribution in [0.25, 0.3) is 11.3 Å². The summed E-state index contributed by atoms with van der Waals surface area (Å²) in [7, 11) is 0. The highest BCUT2D eigenvalue weighted by atomic mass is 16.1. The zero-order valence-corrected chi connectivity index (χ0v) is 12.6. The zero-order valence-electron chi connectivity index (χ0n) is 12.6. The van der Waals surface area contributed by atoms with Crippen molar-refractivity contribution in [3.63, 3.8) is 0 Å². The van der Waals surface area contributed by atoms with Gasteiger partial charge in [0.05, 0.1) is 24.6 Å².